The molecule has 1 aliphatic rings. The molecule has 1 aromatic rings. The molecule has 1 aromatic heterocycles. The summed E-state index contributed by atoms with van der Waals surface area (Å²) in [6.07, 6.45) is -2.44. The number of halogens is 3. The number of likely N-dealkylation sites (tertiary alicyclic amines) is 1. The fraction of sp³-hybridized carbons (Fsp3) is 0.583. The molecule has 0 aliphatic carbocycles. The topological polar surface area (TPSA) is 53.7 Å². The Balaban J connectivity index is 1.96. The van der Waals surface area contributed by atoms with E-state index in [4.69, 9.17) is 9.52 Å². The number of hydrogen-bond acceptors (Lipinski definition) is 3. The molecule has 0 bridgehead atoms. The summed E-state index contributed by atoms with van der Waals surface area (Å²) in [5.41, 5.74) is 0.0133. The van der Waals surface area contributed by atoms with E-state index in [1.165, 1.54) is 6.07 Å². The van der Waals surface area contributed by atoms with E-state index in [1.807, 2.05) is 0 Å². The van der Waals surface area contributed by atoms with Crippen molar-refractivity contribution in [1.29, 1.82) is 0 Å². The Kier molecular flexibility index (Phi) is 3.84. The van der Waals surface area contributed by atoms with E-state index < -0.39 is 18.1 Å². The van der Waals surface area contributed by atoms with Crippen LogP contribution < -0.4 is 0 Å². The van der Waals surface area contributed by atoms with E-state index in [0.717, 1.165) is 6.26 Å². The highest BCUT2D eigenvalue weighted by atomic mass is 19.4. The van der Waals surface area contributed by atoms with Crippen LogP contribution in [0.3, 0.4) is 0 Å². The second kappa shape index (κ2) is 5.24. The molecule has 1 fully saturated rings. The number of rotatable bonds is 3. The monoisotopic (exact) mass is 277 g/mol. The lowest BCUT2D eigenvalue weighted by Crippen LogP contribution is -2.41. The van der Waals surface area contributed by atoms with Crippen molar-refractivity contribution in [3.05, 3.63) is 23.7 Å². The third-order valence-corrected chi connectivity index (χ3v) is 3.25. The van der Waals surface area contributed by atoms with Crippen molar-refractivity contribution in [2.24, 2.45) is 5.92 Å². The molecule has 2 rings (SSSR count). The maximum Gasteiger partial charge on any atom is 0.393 e. The molecule has 0 amide bonds. The van der Waals surface area contributed by atoms with Gasteiger partial charge in [-0.2, -0.15) is 13.2 Å². The van der Waals surface area contributed by atoms with Gasteiger partial charge in [-0.3, -0.25) is 4.90 Å². The minimum absolute atomic E-state index is 0.0133. The van der Waals surface area contributed by atoms with Gasteiger partial charge in [-0.15, -0.1) is 0 Å². The molecule has 0 saturated carbocycles. The Bertz CT molecular complexity index is 455. The van der Waals surface area contributed by atoms with Gasteiger partial charge >= 0.3 is 12.1 Å². The third-order valence-electron chi connectivity index (χ3n) is 3.25. The highest BCUT2D eigenvalue weighted by Crippen LogP contribution is 2.33. The van der Waals surface area contributed by atoms with Gasteiger partial charge in [0.15, 0.2) is 0 Å². The number of piperidine rings is 1. The summed E-state index contributed by atoms with van der Waals surface area (Å²) in [7, 11) is 0. The van der Waals surface area contributed by atoms with Crippen LogP contribution in [0, 0.1) is 5.92 Å². The van der Waals surface area contributed by atoms with Crippen molar-refractivity contribution in [2.45, 2.75) is 25.6 Å². The van der Waals surface area contributed by atoms with E-state index in [-0.39, 0.29) is 25.1 Å². The molecule has 7 heteroatoms. The zero-order valence-corrected chi connectivity index (χ0v) is 10.1. The van der Waals surface area contributed by atoms with Crippen molar-refractivity contribution in [3.8, 4) is 0 Å². The normalized spacial score (nSPS) is 21.5. The van der Waals surface area contributed by atoms with Gasteiger partial charge in [-0.05, 0) is 25.5 Å². The van der Waals surface area contributed by atoms with Crippen molar-refractivity contribution >= 4 is 5.97 Å². The van der Waals surface area contributed by atoms with E-state index in [0.29, 0.717) is 18.7 Å². The number of furan rings is 1. The summed E-state index contributed by atoms with van der Waals surface area (Å²) >= 11 is 0. The van der Waals surface area contributed by atoms with E-state index in [9.17, 15) is 18.0 Å². The van der Waals surface area contributed by atoms with Crippen molar-refractivity contribution in [1.82, 2.24) is 4.90 Å². The second-order valence-electron chi connectivity index (χ2n) is 4.72. The van der Waals surface area contributed by atoms with Gasteiger partial charge in [0.05, 0.1) is 18.0 Å². The molecule has 106 valence electrons. The van der Waals surface area contributed by atoms with Gasteiger partial charge in [-0.1, -0.05) is 0 Å². The van der Waals surface area contributed by atoms with Crippen LogP contribution in [-0.2, 0) is 6.54 Å². The molecule has 0 aromatic carbocycles. The van der Waals surface area contributed by atoms with Crippen LogP contribution in [0.25, 0.3) is 0 Å². The van der Waals surface area contributed by atoms with Gasteiger partial charge in [0.1, 0.15) is 12.0 Å². The van der Waals surface area contributed by atoms with E-state index >= 15 is 0 Å². The summed E-state index contributed by atoms with van der Waals surface area (Å²) in [5, 5.41) is 8.73. The Morgan fingerprint density at radius 2 is 2.26 bits per heavy atom. The molecule has 1 saturated heterocycles. The van der Waals surface area contributed by atoms with E-state index in [1.54, 1.807) is 4.90 Å². The molecule has 1 atom stereocenters. The summed E-state index contributed by atoms with van der Waals surface area (Å²) in [5.74, 6) is -2.04. The van der Waals surface area contributed by atoms with Gasteiger partial charge in [0.25, 0.3) is 0 Å². The Morgan fingerprint density at radius 3 is 2.84 bits per heavy atom. The van der Waals surface area contributed by atoms with Crippen molar-refractivity contribution < 1.29 is 27.5 Å². The number of carboxylic acids is 1. The average molecular weight is 277 g/mol. The number of carboxylic acid groups (broad SMARTS) is 1. The first-order valence-corrected chi connectivity index (χ1v) is 5.96. The molecule has 0 radical (unpaired) electrons. The minimum atomic E-state index is -4.17. The lowest BCUT2D eigenvalue weighted by molar-refractivity contribution is -0.187. The van der Waals surface area contributed by atoms with E-state index in [2.05, 4.69) is 0 Å². The Labute approximate surface area is 107 Å². The molecule has 4 nitrogen and oxygen atoms in total. The summed E-state index contributed by atoms with van der Waals surface area (Å²) in [6.45, 7) is 0.710. The van der Waals surface area contributed by atoms with Gasteiger partial charge < -0.3 is 9.52 Å². The van der Waals surface area contributed by atoms with Crippen LogP contribution in [0.4, 0.5) is 13.2 Å². The van der Waals surface area contributed by atoms with Gasteiger partial charge in [0.2, 0.25) is 0 Å². The number of hydrogen-bond donors (Lipinski definition) is 1. The second-order valence-corrected chi connectivity index (χ2v) is 4.72. The molecule has 2 heterocycles. The zero-order chi connectivity index (χ0) is 14.0. The van der Waals surface area contributed by atoms with Crippen LogP contribution in [0.15, 0.2) is 16.7 Å². The molecular weight excluding hydrogens is 263 g/mol. The molecule has 1 unspecified atom stereocenters. The Hall–Kier alpha value is -1.50. The number of alkyl halides is 3. The summed E-state index contributed by atoms with van der Waals surface area (Å²) in [4.78, 5) is 12.3. The number of carbonyl (C=O) groups is 1. The zero-order valence-electron chi connectivity index (χ0n) is 10.1. The lowest BCUT2D eigenvalue weighted by Gasteiger charge is -2.33. The van der Waals surface area contributed by atoms with Gasteiger partial charge in [0, 0.05) is 6.54 Å². The summed E-state index contributed by atoms with van der Waals surface area (Å²) < 4.78 is 43.0. The molecular formula is C12H14F3NO3. The molecule has 1 aliphatic heterocycles. The lowest BCUT2D eigenvalue weighted by atomic mass is 9.97. The first-order valence-electron chi connectivity index (χ1n) is 5.96. The van der Waals surface area contributed by atoms with Crippen LogP contribution in [0.5, 0.6) is 0 Å². The summed E-state index contributed by atoms with van der Waals surface area (Å²) in [6, 6.07) is 1.35. The van der Waals surface area contributed by atoms with Crippen LogP contribution in [-0.4, -0.2) is 35.2 Å². The quantitative estimate of drug-likeness (QED) is 0.923. The predicted octanol–water partition coefficient (Wildman–Crippen LogP) is 2.75. The number of aromatic carboxylic acids is 1. The highest BCUT2D eigenvalue weighted by molar-refractivity contribution is 5.87. The highest BCUT2D eigenvalue weighted by Gasteiger charge is 2.41. The Morgan fingerprint density at radius 1 is 1.53 bits per heavy atom. The standard InChI is InChI=1S/C12H14F3NO3/c13-12(14,15)9-2-1-3-16(5-9)6-10-4-8(7-19-10)11(17)18/h4,7,9H,1-3,5-6H2,(H,17,18). The van der Waals surface area contributed by atoms with Crippen LogP contribution in [0.2, 0.25) is 0 Å². The smallest absolute Gasteiger partial charge is 0.393 e. The maximum absolute atomic E-state index is 12.6. The first-order chi connectivity index (χ1) is 8.86. The van der Waals surface area contributed by atoms with Crippen LogP contribution in [0.1, 0.15) is 29.0 Å². The van der Waals surface area contributed by atoms with Crippen molar-refractivity contribution in [3.63, 3.8) is 0 Å². The average Bonchev–Trinajstić information content (AvgIpc) is 2.77. The van der Waals surface area contributed by atoms with Crippen molar-refractivity contribution in [2.75, 3.05) is 13.1 Å². The number of nitrogens with zero attached hydrogens (tertiary/aromatic N) is 1. The maximum atomic E-state index is 12.6. The minimum Gasteiger partial charge on any atom is -0.478 e. The first kappa shape index (κ1) is 13.9. The SMILES string of the molecule is O=C(O)c1coc(CN2CCCC(C(F)(F)F)C2)c1. The third kappa shape index (κ3) is 3.50. The predicted molar refractivity (Wildman–Crippen MR) is 59.7 cm³/mol. The molecule has 19 heavy (non-hydrogen) atoms. The fourth-order valence-corrected chi connectivity index (χ4v) is 2.26. The molecule has 1 N–H and O–H groups in total. The van der Waals surface area contributed by atoms with Crippen LogP contribution >= 0.6 is 0 Å². The largest absolute Gasteiger partial charge is 0.478 e. The van der Waals surface area contributed by atoms with Gasteiger partial charge in [-0.25, -0.2) is 4.79 Å². The fourth-order valence-electron chi connectivity index (χ4n) is 2.26. The molecule has 0 spiro atoms.